The fourth-order valence-electron chi connectivity index (χ4n) is 3.38. The maximum Gasteiger partial charge on any atom is 0.253 e. The summed E-state index contributed by atoms with van der Waals surface area (Å²) in [6.07, 6.45) is 0. The zero-order chi connectivity index (χ0) is 19.6. The number of carbonyl (C=O) groups is 2. The highest BCUT2D eigenvalue weighted by atomic mass is 16.2. The average Bonchev–Trinajstić information content (AvgIpc) is 2.67. The number of carbonyl (C=O) groups excluding carboxylic acids is 2. The van der Waals surface area contributed by atoms with Crippen molar-refractivity contribution in [3.8, 4) is 0 Å². The number of hydrogen-bond donors (Lipinski definition) is 0. The van der Waals surface area contributed by atoms with E-state index in [0.717, 1.165) is 29.9 Å². The van der Waals surface area contributed by atoms with E-state index < -0.39 is 0 Å². The Bertz CT molecular complexity index is 826. The van der Waals surface area contributed by atoms with E-state index >= 15 is 0 Å². The molecule has 0 bridgehead atoms. The first-order valence-electron chi connectivity index (χ1n) is 9.51. The Balaban J connectivity index is 1.64. The molecular formula is C23H28N2O2. The predicted molar refractivity (Wildman–Crippen MR) is 110 cm³/mol. The summed E-state index contributed by atoms with van der Waals surface area (Å²) in [6, 6.07) is 15.7. The summed E-state index contributed by atoms with van der Waals surface area (Å²) in [5.41, 5.74) is 3.83. The summed E-state index contributed by atoms with van der Waals surface area (Å²) < 4.78 is 0. The van der Waals surface area contributed by atoms with Gasteiger partial charge in [-0.3, -0.25) is 9.59 Å². The fourth-order valence-corrected chi connectivity index (χ4v) is 3.38. The molecule has 27 heavy (non-hydrogen) atoms. The molecule has 1 saturated heterocycles. The highest BCUT2D eigenvalue weighted by Crippen LogP contribution is 2.23. The largest absolute Gasteiger partial charge is 0.368 e. The Hall–Kier alpha value is -2.62. The lowest BCUT2D eigenvalue weighted by Gasteiger charge is -2.36. The molecular weight excluding hydrogens is 336 g/mol. The number of nitrogens with zero attached hydrogens (tertiary/aromatic N) is 2. The number of amides is 1. The van der Waals surface area contributed by atoms with Crippen molar-refractivity contribution >= 4 is 17.4 Å². The van der Waals surface area contributed by atoms with E-state index in [4.69, 9.17) is 0 Å². The van der Waals surface area contributed by atoms with Crippen molar-refractivity contribution in [3.05, 3.63) is 65.2 Å². The lowest BCUT2D eigenvalue weighted by Crippen LogP contribution is -2.48. The lowest BCUT2D eigenvalue weighted by molar-refractivity contribution is 0.0746. The van der Waals surface area contributed by atoms with Gasteiger partial charge in [0.05, 0.1) is 0 Å². The van der Waals surface area contributed by atoms with Crippen LogP contribution in [0, 0.1) is 0 Å². The first-order chi connectivity index (χ1) is 12.8. The quantitative estimate of drug-likeness (QED) is 0.768. The molecule has 1 heterocycles. The highest BCUT2D eigenvalue weighted by molar-refractivity contribution is 5.95. The van der Waals surface area contributed by atoms with Gasteiger partial charge in [0, 0.05) is 43.0 Å². The van der Waals surface area contributed by atoms with E-state index in [2.05, 4.69) is 37.8 Å². The van der Waals surface area contributed by atoms with Crippen molar-refractivity contribution in [1.29, 1.82) is 0 Å². The van der Waals surface area contributed by atoms with Crippen molar-refractivity contribution in [2.75, 3.05) is 31.1 Å². The van der Waals surface area contributed by atoms with Gasteiger partial charge in [-0.1, -0.05) is 45.0 Å². The third kappa shape index (κ3) is 4.38. The van der Waals surface area contributed by atoms with Gasteiger partial charge in [-0.05, 0) is 42.2 Å². The standard InChI is InChI=1S/C23H28N2O2/c1-17(26)19-6-5-7-21(16-19)24-12-14-25(15-13-24)22(27)18-8-10-20(11-9-18)23(2,3)4/h5-11,16H,12-15H2,1-4H3. The third-order valence-corrected chi connectivity index (χ3v) is 5.18. The van der Waals surface area contributed by atoms with Crippen molar-refractivity contribution in [2.24, 2.45) is 0 Å². The SMILES string of the molecule is CC(=O)c1cccc(N2CCN(C(=O)c3ccc(C(C)(C)C)cc3)CC2)c1. The van der Waals surface area contributed by atoms with Crippen LogP contribution in [0.15, 0.2) is 48.5 Å². The van der Waals surface area contributed by atoms with Gasteiger partial charge in [-0.15, -0.1) is 0 Å². The van der Waals surface area contributed by atoms with Gasteiger partial charge in [0.15, 0.2) is 5.78 Å². The van der Waals surface area contributed by atoms with E-state index in [1.54, 1.807) is 6.92 Å². The number of piperazine rings is 1. The first kappa shape index (κ1) is 19.2. The minimum Gasteiger partial charge on any atom is -0.368 e. The Labute approximate surface area is 161 Å². The molecule has 0 atom stereocenters. The monoisotopic (exact) mass is 364 g/mol. The van der Waals surface area contributed by atoms with Crippen LogP contribution in [-0.4, -0.2) is 42.8 Å². The van der Waals surface area contributed by atoms with E-state index in [1.807, 2.05) is 41.3 Å². The fraction of sp³-hybridized carbons (Fsp3) is 0.391. The van der Waals surface area contributed by atoms with Crippen LogP contribution in [0.4, 0.5) is 5.69 Å². The van der Waals surface area contributed by atoms with Crippen molar-refractivity contribution in [1.82, 2.24) is 4.90 Å². The van der Waals surface area contributed by atoms with Crippen LogP contribution in [0.25, 0.3) is 0 Å². The number of Topliss-reactive ketones (excluding diaryl/α,β-unsaturated/α-hetero) is 1. The smallest absolute Gasteiger partial charge is 0.253 e. The maximum atomic E-state index is 12.8. The Morgan fingerprint density at radius 2 is 1.48 bits per heavy atom. The van der Waals surface area contributed by atoms with E-state index in [1.165, 1.54) is 5.56 Å². The molecule has 4 nitrogen and oxygen atoms in total. The molecule has 1 amide bonds. The second-order valence-corrected chi connectivity index (χ2v) is 8.21. The van der Waals surface area contributed by atoms with Crippen LogP contribution in [-0.2, 0) is 5.41 Å². The maximum absolute atomic E-state index is 12.8. The molecule has 2 aromatic rings. The van der Waals surface area contributed by atoms with Crippen molar-refractivity contribution in [3.63, 3.8) is 0 Å². The minimum absolute atomic E-state index is 0.0735. The number of benzene rings is 2. The third-order valence-electron chi connectivity index (χ3n) is 5.18. The Morgan fingerprint density at radius 1 is 0.852 bits per heavy atom. The van der Waals surface area contributed by atoms with Crippen LogP contribution < -0.4 is 4.90 Å². The molecule has 3 rings (SSSR count). The highest BCUT2D eigenvalue weighted by Gasteiger charge is 2.23. The summed E-state index contributed by atoms with van der Waals surface area (Å²) in [5, 5.41) is 0. The number of rotatable bonds is 3. The van der Waals surface area contributed by atoms with Crippen LogP contribution in [0.3, 0.4) is 0 Å². The van der Waals surface area contributed by atoms with Crippen molar-refractivity contribution < 1.29 is 9.59 Å². The van der Waals surface area contributed by atoms with Crippen LogP contribution in [0.2, 0.25) is 0 Å². The number of hydrogen-bond acceptors (Lipinski definition) is 3. The first-order valence-corrected chi connectivity index (χ1v) is 9.51. The summed E-state index contributed by atoms with van der Waals surface area (Å²) in [5.74, 6) is 0.164. The van der Waals surface area contributed by atoms with E-state index in [0.29, 0.717) is 13.1 Å². The molecule has 0 spiro atoms. The molecule has 0 radical (unpaired) electrons. The van der Waals surface area contributed by atoms with Gasteiger partial charge in [-0.2, -0.15) is 0 Å². The lowest BCUT2D eigenvalue weighted by atomic mass is 9.86. The van der Waals surface area contributed by atoms with E-state index in [9.17, 15) is 9.59 Å². The van der Waals surface area contributed by atoms with Crippen molar-refractivity contribution in [2.45, 2.75) is 33.1 Å². The second kappa shape index (κ2) is 7.55. The summed E-state index contributed by atoms with van der Waals surface area (Å²) in [7, 11) is 0. The van der Waals surface area contributed by atoms with Gasteiger partial charge in [0.1, 0.15) is 0 Å². The Morgan fingerprint density at radius 3 is 2.04 bits per heavy atom. The van der Waals surface area contributed by atoms with E-state index in [-0.39, 0.29) is 17.1 Å². The molecule has 1 aliphatic rings. The second-order valence-electron chi connectivity index (χ2n) is 8.21. The molecule has 2 aromatic carbocycles. The van der Waals surface area contributed by atoms with Gasteiger partial charge < -0.3 is 9.80 Å². The minimum atomic E-state index is 0.0735. The topological polar surface area (TPSA) is 40.6 Å². The molecule has 4 heteroatoms. The summed E-state index contributed by atoms with van der Waals surface area (Å²) in [6.45, 7) is 11.0. The average molecular weight is 364 g/mol. The molecule has 1 aliphatic heterocycles. The molecule has 0 saturated carbocycles. The van der Waals surface area contributed by atoms with Gasteiger partial charge in [0.2, 0.25) is 0 Å². The molecule has 142 valence electrons. The normalized spacial score (nSPS) is 15.0. The number of anilines is 1. The summed E-state index contributed by atoms with van der Waals surface area (Å²) >= 11 is 0. The zero-order valence-electron chi connectivity index (χ0n) is 16.7. The summed E-state index contributed by atoms with van der Waals surface area (Å²) in [4.78, 5) is 28.6. The number of ketones is 1. The van der Waals surface area contributed by atoms with Crippen LogP contribution in [0.1, 0.15) is 54.0 Å². The van der Waals surface area contributed by atoms with Crippen LogP contribution in [0.5, 0.6) is 0 Å². The predicted octanol–water partition coefficient (Wildman–Crippen LogP) is 4.15. The molecule has 1 fully saturated rings. The van der Waals surface area contributed by atoms with Gasteiger partial charge >= 0.3 is 0 Å². The molecule has 0 N–H and O–H groups in total. The van der Waals surface area contributed by atoms with Gasteiger partial charge in [-0.25, -0.2) is 0 Å². The molecule has 0 aromatic heterocycles. The Kier molecular flexibility index (Phi) is 5.36. The van der Waals surface area contributed by atoms with Crippen LogP contribution >= 0.6 is 0 Å². The van der Waals surface area contributed by atoms with Gasteiger partial charge in [0.25, 0.3) is 5.91 Å². The molecule has 0 unspecified atom stereocenters. The zero-order valence-corrected chi connectivity index (χ0v) is 16.7. The molecule has 0 aliphatic carbocycles.